The molecule has 0 bridgehead atoms. The van der Waals surface area contributed by atoms with Gasteiger partial charge in [0.15, 0.2) is 0 Å². The number of allylic oxidation sites excluding steroid dienone is 2. The third kappa shape index (κ3) is 1.62. The van der Waals surface area contributed by atoms with Gasteiger partial charge in [-0.25, -0.2) is 0 Å². The molecule has 2 aliphatic rings. The van der Waals surface area contributed by atoms with E-state index in [-0.39, 0.29) is 12.1 Å². The maximum Gasteiger partial charge on any atom is 0.306 e. The van der Waals surface area contributed by atoms with E-state index in [4.69, 9.17) is 4.74 Å². The van der Waals surface area contributed by atoms with Crippen molar-refractivity contribution in [2.24, 2.45) is 11.8 Å². The van der Waals surface area contributed by atoms with E-state index < -0.39 is 0 Å². The van der Waals surface area contributed by atoms with Crippen LogP contribution >= 0.6 is 0 Å². The van der Waals surface area contributed by atoms with Crippen LogP contribution < -0.4 is 0 Å². The van der Waals surface area contributed by atoms with Gasteiger partial charge in [-0.3, -0.25) is 4.79 Å². The second-order valence-electron chi connectivity index (χ2n) is 4.01. The lowest BCUT2D eigenvalue weighted by Gasteiger charge is -2.39. The van der Waals surface area contributed by atoms with Crippen molar-refractivity contribution in [3.63, 3.8) is 0 Å². The van der Waals surface area contributed by atoms with Crippen LogP contribution in [0.1, 0.15) is 32.6 Å². The van der Waals surface area contributed by atoms with Crippen LogP contribution in [0, 0.1) is 11.8 Å². The predicted molar refractivity (Wildman–Crippen MR) is 50.1 cm³/mol. The lowest BCUT2D eigenvalue weighted by molar-refractivity contribution is -0.160. The summed E-state index contributed by atoms with van der Waals surface area (Å²) < 4.78 is 5.36. The maximum atomic E-state index is 11.2. The quantitative estimate of drug-likeness (QED) is 0.492. The highest BCUT2D eigenvalue weighted by Gasteiger charge is 2.43. The first kappa shape index (κ1) is 8.79. The molecule has 0 unspecified atom stereocenters. The van der Waals surface area contributed by atoms with E-state index in [9.17, 15) is 4.79 Å². The highest BCUT2D eigenvalue weighted by molar-refractivity contribution is 5.69. The van der Waals surface area contributed by atoms with E-state index in [0.29, 0.717) is 18.3 Å². The SMILES string of the molecule is CCCC(=O)O[C@@H]1C[C@H]2C=CC[C@@H]21. The molecule has 0 amide bonds. The Labute approximate surface area is 79.0 Å². The van der Waals surface area contributed by atoms with Gasteiger partial charge in [0.05, 0.1) is 0 Å². The van der Waals surface area contributed by atoms with E-state index in [0.717, 1.165) is 19.3 Å². The van der Waals surface area contributed by atoms with E-state index >= 15 is 0 Å². The first-order valence-electron chi connectivity index (χ1n) is 5.17. The summed E-state index contributed by atoms with van der Waals surface area (Å²) in [5.74, 6) is 1.30. The van der Waals surface area contributed by atoms with Crippen LogP contribution in [0.15, 0.2) is 12.2 Å². The Balaban J connectivity index is 1.76. The first-order chi connectivity index (χ1) is 6.31. The smallest absolute Gasteiger partial charge is 0.306 e. The third-order valence-corrected chi connectivity index (χ3v) is 3.06. The Morgan fingerprint density at radius 1 is 1.62 bits per heavy atom. The van der Waals surface area contributed by atoms with Crippen molar-refractivity contribution in [1.29, 1.82) is 0 Å². The standard InChI is InChI=1S/C11H16O2/c1-2-4-11(12)13-10-7-8-5-3-6-9(8)10/h3,5,8-10H,2,4,6-7H2,1H3/t8-,9+,10-/m1/s1. The van der Waals surface area contributed by atoms with Crippen molar-refractivity contribution < 1.29 is 9.53 Å². The first-order valence-corrected chi connectivity index (χ1v) is 5.17. The predicted octanol–water partition coefficient (Wildman–Crippen LogP) is 2.29. The molecule has 0 spiro atoms. The van der Waals surface area contributed by atoms with Gasteiger partial charge < -0.3 is 4.74 Å². The van der Waals surface area contributed by atoms with Crippen LogP contribution in [-0.4, -0.2) is 12.1 Å². The fourth-order valence-electron chi connectivity index (χ4n) is 2.22. The zero-order valence-corrected chi connectivity index (χ0v) is 8.03. The van der Waals surface area contributed by atoms with E-state index in [2.05, 4.69) is 12.2 Å². The molecule has 0 aromatic rings. The van der Waals surface area contributed by atoms with Gasteiger partial charge in [-0.2, -0.15) is 0 Å². The number of carbonyl (C=O) groups excluding carboxylic acids is 1. The minimum Gasteiger partial charge on any atom is -0.462 e. The van der Waals surface area contributed by atoms with Crippen molar-refractivity contribution in [1.82, 2.24) is 0 Å². The fourth-order valence-corrected chi connectivity index (χ4v) is 2.22. The van der Waals surface area contributed by atoms with Gasteiger partial charge in [0.1, 0.15) is 6.10 Å². The molecule has 0 radical (unpaired) electrons. The topological polar surface area (TPSA) is 26.3 Å². The molecule has 72 valence electrons. The highest BCUT2D eigenvalue weighted by Crippen LogP contribution is 2.44. The second kappa shape index (κ2) is 3.52. The van der Waals surface area contributed by atoms with Gasteiger partial charge in [0, 0.05) is 12.3 Å². The third-order valence-electron chi connectivity index (χ3n) is 3.06. The molecule has 13 heavy (non-hydrogen) atoms. The second-order valence-corrected chi connectivity index (χ2v) is 4.01. The minimum absolute atomic E-state index is 0.0159. The molecule has 0 saturated heterocycles. The number of hydrogen-bond acceptors (Lipinski definition) is 2. The Morgan fingerprint density at radius 3 is 3.15 bits per heavy atom. The van der Waals surface area contributed by atoms with Crippen molar-refractivity contribution in [3.8, 4) is 0 Å². The molecule has 2 nitrogen and oxygen atoms in total. The van der Waals surface area contributed by atoms with E-state index in [1.165, 1.54) is 0 Å². The molecule has 1 saturated carbocycles. The van der Waals surface area contributed by atoms with Crippen LogP contribution in [0.2, 0.25) is 0 Å². The van der Waals surface area contributed by atoms with Gasteiger partial charge >= 0.3 is 5.97 Å². The molecule has 0 heterocycles. The number of carbonyl (C=O) groups is 1. The molecule has 0 aromatic carbocycles. The molecule has 0 aliphatic heterocycles. The Kier molecular flexibility index (Phi) is 2.38. The van der Waals surface area contributed by atoms with Gasteiger partial charge in [0.25, 0.3) is 0 Å². The van der Waals surface area contributed by atoms with Crippen LogP contribution in [-0.2, 0) is 9.53 Å². The Bertz CT molecular complexity index is 232. The van der Waals surface area contributed by atoms with Crippen LogP contribution in [0.3, 0.4) is 0 Å². The summed E-state index contributed by atoms with van der Waals surface area (Å²) >= 11 is 0. The lowest BCUT2D eigenvalue weighted by atomic mass is 9.73. The number of fused-ring (bicyclic) bond motifs is 1. The molecule has 2 rings (SSSR count). The normalized spacial score (nSPS) is 35.3. The van der Waals surface area contributed by atoms with Gasteiger partial charge in [0.2, 0.25) is 0 Å². The number of esters is 1. The van der Waals surface area contributed by atoms with Gasteiger partial charge in [-0.1, -0.05) is 19.1 Å². The summed E-state index contributed by atoms with van der Waals surface area (Å²) in [6.07, 6.45) is 8.31. The summed E-state index contributed by atoms with van der Waals surface area (Å²) in [5.41, 5.74) is 0. The monoisotopic (exact) mass is 180 g/mol. The fraction of sp³-hybridized carbons (Fsp3) is 0.727. The average Bonchev–Trinajstić information content (AvgIpc) is 2.43. The summed E-state index contributed by atoms with van der Waals surface area (Å²) in [5, 5.41) is 0. The van der Waals surface area contributed by atoms with E-state index in [1.54, 1.807) is 0 Å². The van der Waals surface area contributed by atoms with Gasteiger partial charge in [-0.05, 0) is 25.2 Å². The van der Waals surface area contributed by atoms with E-state index in [1.807, 2.05) is 6.92 Å². The van der Waals surface area contributed by atoms with Crippen LogP contribution in [0.25, 0.3) is 0 Å². The molecule has 2 aliphatic carbocycles. The number of hydrogen-bond donors (Lipinski definition) is 0. The summed E-state index contributed by atoms with van der Waals surface area (Å²) in [6, 6.07) is 0. The summed E-state index contributed by atoms with van der Waals surface area (Å²) in [4.78, 5) is 11.2. The zero-order chi connectivity index (χ0) is 9.26. The van der Waals surface area contributed by atoms with Gasteiger partial charge in [-0.15, -0.1) is 0 Å². The van der Waals surface area contributed by atoms with Crippen LogP contribution in [0.4, 0.5) is 0 Å². The van der Waals surface area contributed by atoms with Crippen LogP contribution in [0.5, 0.6) is 0 Å². The van der Waals surface area contributed by atoms with Crippen molar-refractivity contribution >= 4 is 5.97 Å². The van der Waals surface area contributed by atoms with Crippen molar-refractivity contribution in [2.75, 3.05) is 0 Å². The number of rotatable bonds is 3. The molecule has 2 heteroatoms. The minimum atomic E-state index is -0.0159. The summed E-state index contributed by atoms with van der Waals surface area (Å²) in [6.45, 7) is 2.00. The Hall–Kier alpha value is -0.790. The van der Waals surface area contributed by atoms with Crippen molar-refractivity contribution in [3.05, 3.63) is 12.2 Å². The highest BCUT2D eigenvalue weighted by atomic mass is 16.5. The molecule has 0 N–H and O–H groups in total. The molecular weight excluding hydrogens is 164 g/mol. The summed E-state index contributed by atoms with van der Waals surface area (Å²) in [7, 11) is 0. The molecule has 0 aromatic heterocycles. The molecular formula is C11H16O2. The maximum absolute atomic E-state index is 11.2. The number of ether oxygens (including phenoxy) is 1. The average molecular weight is 180 g/mol. The molecule has 3 atom stereocenters. The molecule has 1 fully saturated rings. The largest absolute Gasteiger partial charge is 0.462 e. The Morgan fingerprint density at radius 2 is 2.46 bits per heavy atom. The lowest BCUT2D eigenvalue weighted by Crippen LogP contribution is -2.41. The zero-order valence-electron chi connectivity index (χ0n) is 8.03. The van der Waals surface area contributed by atoms with Crippen molar-refractivity contribution in [2.45, 2.75) is 38.7 Å².